The SMILES string of the molecule is Cc1cc(C(=O)Nc2cccc(S(=O)(=O)/N=C3\CCCCCN3C)c2)ccc1F. The molecule has 1 N–H and O–H groups in total. The Bertz CT molecular complexity index is 1050. The maximum Gasteiger partial charge on any atom is 0.284 e. The van der Waals surface area contributed by atoms with Gasteiger partial charge in [-0.1, -0.05) is 12.5 Å². The number of rotatable bonds is 4. The molecule has 1 heterocycles. The minimum Gasteiger partial charge on any atom is -0.362 e. The van der Waals surface area contributed by atoms with Crippen LogP contribution in [0.3, 0.4) is 0 Å². The molecule has 0 bridgehead atoms. The molecule has 29 heavy (non-hydrogen) atoms. The molecule has 0 unspecified atom stereocenters. The van der Waals surface area contributed by atoms with Gasteiger partial charge in [0.05, 0.1) is 4.90 Å². The molecule has 2 aromatic rings. The summed E-state index contributed by atoms with van der Waals surface area (Å²) in [7, 11) is -2.05. The lowest BCUT2D eigenvalue weighted by Gasteiger charge is -2.17. The molecular formula is C21H24FN3O3S. The highest BCUT2D eigenvalue weighted by atomic mass is 32.2. The zero-order valence-corrected chi connectivity index (χ0v) is 17.3. The topological polar surface area (TPSA) is 78.8 Å². The molecule has 0 radical (unpaired) electrons. The zero-order chi connectivity index (χ0) is 21.0. The van der Waals surface area contributed by atoms with E-state index in [0.717, 1.165) is 25.8 Å². The fourth-order valence-electron chi connectivity index (χ4n) is 3.16. The van der Waals surface area contributed by atoms with Gasteiger partial charge in [-0.2, -0.15) is 8.42 Å². The number of benzene rings is 2. The van der Waals surface area contributed by atoms with Gasteiger partial charge in [0.1, 0.15) is 11.7 Å². The Hall–Kier alpha value is -2.74. The van der Waals surface area contributed by atoms with Crippen LogP contribution < -0.4 is 5.32 Å². The second kappa shape index (κ2) is 8.73. The van der Waals surface area contributed by atoms with E-state index >= 15 is 0 Å². The van der Waals surface area contributed by atoms with Crippen molar-refractivity contribution in [2.45, 2.75) is 37.5 Å². The summed E-state index contributed by atoms with van der Waals surface area (Å²) >= 11 is 0. The third-order valence-electron chi connectivity index (χ3n) is 4.87. The molecule has 0 aromatic heterocycles. The zero-order valence-electron chi connectivity index (χ0n) is 16.5. The number of nitrogens with zero attached hydrogens (tertiary/aromatic N) is 2. The summed E-state index contributed by atoms with van der Waals surface area (Å²) in [6, 6.07) is 10.0. The summed E-state index contributed by atoms with van der Waals surface area (Å²) in [5.41, 5.74) is 0.974. The summed E-state index contributed by atoms with van der Waals surface area (Å²) < 4.78 is 43.0. The molecule has 0 saturated carbocycles. The first-order chi connectivity index (χ1) is 13.8. The molecule has 3 rings (SSSR count). The van der Waals surface area contributed by atoms with Crippen LogP contribution in [0.4, 0.5) is 10.1 Å². The van der Waals surface area contributed by atoms with Gasteiger partial charge < -0.3 is 10.2 Å². The van der Waals surface area contributed by atoms with Gasteiger partial charge in [-0.25, -0.2) is 4.39 Å². The standard InChI is InChI=1S/C21H24FN3O3S/c1-15-13-16(10-11-19(15)22)21(26)23-17-7-6-8-18(14-17)29(27,28)24-20-9-4-3-5-12-25(20)2/h6-8,10-11,13-14H,3-5,9,12H2,1-2H3,(H,23,26)/b24-20+. The number of hydrogen-bond donors (Lipinski definition) is 1. The highest BCUT2D eigenvalue weighted by molar-refractivity contribution is 7.90. The number of anilines is 1. The number of hydrogen-bond acceptors (Lipinski definition) is 3. The van der Waals surface area contributed by atoms with Gasteiger partial charge >= 0.3 is 0 Å². The molecule has 6 nitrogen and oxygen atoms in total. The summed E-state index contributed by atoms with van der Waals surface area (Å²) in [6.07, 6.45) is 3.59. The fourth-order valence-corrected chi connectivity index (χ4v) is 4.30. The lowest BCUT2D eigenvalue weighted by atomic mass is 10.1. The van der Waals surface area contributed by atoms with Gasteiger partial charge in [0.25, 0.3) is 15.9 Å². The van der Waals surface area contributed by atoms with Crippen LogP contribution in [-0.4, -0.2) is 38.7 Å². The lowest BCUT2D eigenvalue weighted by molar-refractivity contribution is 0.102. The summed E-state index contributed by atoms with van der Waals surface area (Å²) in [6.45, 7) is 2.35. The third kappa shape index (κ3) is 5.20. The first-order valence-electron chi connectivity index (χ1n) is 9.49. The molecule has 2 aromatic carbocycles. The number of amidine groups is 1. The van der Waals surface area contributed by atoms with Crippen LogP contribution >= 0.6 is 0 Å². The Morgan fingerprint density at radius 2 is 1.93 bits per heavy atom. The Labute approximate surface area is 170 Å². The second-order valence-corrected chi connectivity index (χ2v) is 8.76. The number of amides is 1. The smallest absolute Gasteiger partial charge is 0.284 e. The van der Waals surface area contributed by atoms with Crippen LogP contribution in [0.15, 0.2) is 51.8 Å². The molecule has 8 heteroatoms. The molecule has 0 atom stereocenters. The average molecular weight is 418 g/mol. The van der Waals surface area contributed by atoms with Crippen LogP contribution in [0.5, 0.6) is 0 Å². The van der Waals surface area contributed by atoms with Gasteiger partial charge in [-0.05, 0) is 61.7 Å². The van der Waals surface area contributed by atoms with E-state index in [0.29, 0.717) is 23.5 Å². The van der Waals surface area contributed by atoms with Gasteiger partial charge in [0.15, 0.2) is 0 Å². The Morgan fingerprint density at radius 3 is 2.69 bits per heavy atom. The van der Waals surface area contributed by atoms with E-state index in [9.17, 15) is 17.6 Å². The van der Waals surface area contributed by atoms with Crippen molar-refractivity contribution in [3.8, 4) is 0 Å². The molecule has 0 aliphatic carbocycles. The Morgan fingerprint density at radius 1 is 1.14 bits per heavy atom. The van der Waals surface area contributed by atoms with Crippen LogP contribution in [0.1, 0.15) is 41.6 Å². The monoisotopic (exact) mass is 417 g/mol. The normalized spacial score (nSPS) is 16.5. The molecule has 154 valence electrons. The van der Waals surface area contributed by atoms with Gasteiger partial charge in [-0.15, -0.1) is 4.40 Å². The van der Waals surface area contributed by atoms with Crippen molar-refractivity contribution in [3.05, 3.63) is 59.4 Å². The Balaban J connectivity index is 1.82. The second-order valence-electron chi connectivity index (χ2n) is 7.16. The van der Waals surface area contributed by atoms with E-state index in [-0.39, 0.29) is 10.5 Å². The number of aryl methyl sites for hydroxylation is 1. The highest BCUT2D eigenvalue weighted by Gasteiger charge is 2.19. The van der Waals surface area contributed by atoms with Gasteiger partial charge in [0, 0.05) is 31.3 Å². The van der Waals surface area contributed by atoms with E-state index < -0.39 is 21.7 Å². The van der Waals surface area contributed by atoms with Crippen LogP contribution in [0.2, 0.25) is 0 Å². The van der Waals surface area contributed by atoms with Crippen LogP contribution in [-0.2, 0) is 10.0 Å². The number of carbonyl (C=O) groups excluding carboxylic acids is 1. The van der Waals surface area contributed by atoms with Crippen LogP contribution in [0, 0.1) is 12.7 Å². The van der Waals surface area contributed by atoms with Crippen molar-refractivity contribution in [2.75, 3.05) is 18.9 Å². The molecule has 0 spiro atoms. The molecule has 1 amide bonds. The minimum absolute atomic E-state index is 0.00994. The number of sulfonamides is 1. The first-order valence-corrected chi connectivity index (χ1v) is 10.9. The molecule has 1 aliphatic rings. The number of carbonyl (C=O) groups is 1. The Kier molecular flexibility index (Phi) is 6.32. The van der Waals surface area contributed by atoms with E-state index in [1.807, 2.05) is 11.9 Å². The summed E-state index contributed by atoms with van der Waals surface area (Å²) in [4.78, 5) is 14.3. The summed E-state index contributed by atoms with van der Waals surface area (Å²) in [5.74, 6) is -0.284. The number of nitrogens with one attached hydrogen (secondary N) is 1. The van der Waals surface area contributed by atoms with E-state index in [1.165, 1.54) is 30.3 Å². The van der Waals surface area contributed by atoms with Crippen LogP contribution in [0.25, 0.3) is 0 Å². The van der Waals surface area contributed by atoms with E-state index in [4.69, 9.17) is 0 Å². The lowest BCUT2D eigenvalue weighted by Crippen LogP contribution is -2.26. The van der Waals surface area contributed by atoms with Crippen molar-refractivity contribution in [1.29, 1.82) is 0 Å². The fraction of sp³-hybridized carbons (Fsp3) is 0.333. The average Bonchev–Trinajstić information content (AvgIpc) is 2.88. The minimum atomic E-state index is -3.90. The van der Waals surface area contributed by atoms with Crippen molar-refractivity contribution in [2.24, 2.45) is 4.40 Å². The van der Waals surface area contributed by atoms with Crippen molar-refractivity contribution in [1.82, 2.24) is 4.90 Å². The molecule has 1 aliphatic heterocycles. The van der Waals surface area contributed by atoms with E-state index in [1.54, 1.807) is 19.1 Å². The maximum atomic E-state index is 13.4. The number of halogens is 1. The van der Waals surface area contributed by atoms with Gasteiger partial charge in [-0.3, -0.25) is 4.79 Å². The predicted octanol–water partition coefficient (Wildman–Crippen LogP) is 3.98. The van der Waals surface area contributed by atoms with Crippen molar-refractivity contribution >= 4 is 27.5 Å². The van der Waals surface area contributed by atoms with Crippen molar-refractivity contribution in [3.63, 3.8) is 0 Å². The van der Waals surface area contributed by atoms with E-state index in [2.05, 4.69) is 9.71 Å². The summed E-state index contributed by atoms with van der Waals surface area (Å²) in [5, 5.41) is 2.66. The predicted molar refractivity (Wildman–Crippen MR) is 111 cm³/mol. The first kappa shape index (κ1) is 21.0. The third-order valence-corrected chi connectivity index (χ3v) is 6.17. The highest BCUT2D eigenvalue weighted by Crippen LogP contribution is 2.21. The molecule has 1 saturated heterocycles. The number of likely N-dealkylation sites (tertiary alicyclic amines) is 1. The quantitative estimate of drug-likeness (QED) is 0.816. The van der Waals surface area contributed by atoms with Crippen molar-refractivity contribution < 1.29 is 17.6 Å². The maximum absolute atomic E-state index is 13.4. The van der Waals surface area contributed by atoms with Gasteiger partial charge in [0.2, 0.25) is 0 Å². The largest absolute Gasteiger partial charge is 0.362 e. The molecule has 1 fully saturated rings. The molecular weight excluding hydrogens is 393 g/mol.